The summed E-state index contributed by atoms with van der Waals surface area (Å²) in [6.45, 7) is 3.17. The molecular weight excluding hydrogens is 241 g/mol. The van der Waals surface area contributed by atoms with E-state index in [-0.39, 0.29) is 13.1 Å². The number of nitrogens with one attached hydrogen (secondary N) is 1. The van der Waals surface area contributed by atoms with Gasteiger partial charge in [-0.3, -0.25) is 0 Å². The van der Waals surface area contributed by atoms with Gasteiger partial charge in [0.25, 0.3) is 0 Å². The highest BCUT2D eigenvalue weighted by molar-refractivity contribution is 5.48. The topological polar surface area (TPSA) is 15.3 Å². The Kier molecular flexibility index (Phi) is 3.80. The number of anilines is 1. The average molecular weight is 258 g/mol. The minimum Gasteiger partial charge on any atom is -0.370 e. The molecule has 1 aliphatic rings. The van der Waals surface area contributed by atoms with Crippen LogP contribution in [-0.2, 0) is 0 Å². The van der Waals surface area contributed by atoms with Crippen molar-refractivity contribution in [2.45, 2.75) is 13.1 Å². The molecule has 0 aromatic heterocycles. The maximum absolute atomic E-state index is 12.8. The van der Waals surface area contributed by atoms with E-state index in [9.17, 15) is 13.2 Å². The molecule has 1 fully saturated rings. The molecule has 2 rings (SSSR count). The fraction of sp³-hybridized carbons (Fsp3) is 0.538. The van der Waals surface area contributed by atoms with Crippen molar-refractivity contribution < 1.29 is 13.2 Å². The van der Waals surface area contributed by atoms with E-state index in [0.717, 1.165) is 11.3 Å². The maximum Gasteiger partial charge on any atom is 0.394 e. The highest BCUT2D eigenvalue weighted by Gasteiger charge is 2.41. The van der Waals surface area contributed by atoms with Crippen LogP contribution in [-0.4, -0.2) is 32.4 Å². The Labute approximate surface area is 105 Å². The van der Waals surface area contributed by atoms with Gasteiger partial charge in [-0.05, 0) is 24.6 Å². The van der Waals surface area contributed by atoms with Crippen molar-refractivity contribution in [2.75, 3.05) is 31.1 Å². The van der Waals surface area contributed by atoms with Crippen LogP contribution in [0, 0.1) is 12.8 Å². The largest absolute Gasteiger partial charge is 0.394 e. The number of nitrogens with zero attached hydrogens (tertiary/aromatic N) is 1. The normalized spacial score (nSPS) is 21.8. The van der Waals surface area contributed by atoms with Gasteiger partial charge in [-0.2, -0.15) is 13.2 Å². The second-order valence-electron chi connectivity index (χ2n) is 4.73. The zero-order chi connectivity index (χ0) is 13.2. The Hall–Kier alpha value is -1.23. The van der Waals surface area contributed by atoms with Gasteiger partial charge in [-0.25, -0.2) is 0 Å². The average Bonchev–Trinajstić information content (AvgIpc) is 2.53. The summed E-state index contributed by atoms with van der Waals surface area (Å²) in [5.41, 5.74) is 1.93. The van der Waals surface area contributed by atoms with Crippen LogP contribution in [0.3, 0.4) is 0 Å². The fourth-order valence-electron chi connectivity index (χ4n) is 2.19. The van der Waals surface area contributed by atoms with E-state index in [1.807, 2.05) is 36.1 Å². The summed E-state index contributed by atoms with van der Waals surface area (Å²) in [5.74, 6) is -1.31. The summed E-state index contributed by atoms with van der Waals surface area (Å²) in [6.07, 6.45) is -4.14. The first-order valence-electron chi connectivity index (χ1n) is 6.06. The lowest BCUT2D eigenvalue weighted by molar-refractivity contribution is -0.169. The second-order valence-corrected chi connectivity index (χ2v) is 4.73. The van der Waals surface area contributed by atoms with E-state index in [0.29, 0.717) is 13.1 Å². The molecule has 0 bridgehead atoms. The van der Waals surface area contributed by atoms with E-state index in [1.165, 1.54) is 0 Å². The molecule has 1 saturated heterocycles. The lowest BCUT2D eigenvalue weighted by atomic mass is 10.1. The predicted octanol–water partition coefficient (Wildman–Crippen LogP) is 2.58. The molecule has 0 saturated carbocycles. The van der Waals surface area contributed by atoms with Crippen LogP contribution in [0.4, 0.5) is 18.9 Å². The maximum atomic E-state index is 12.8. The van der Waals surface area contributed by atoms with E-state index in [1.54, 1.807) is 0 Å². The Bertz CT molecular complexity index is 403. The number of benzene rings is 1. The van der Waals surface area contributed by atoms with E-state index < -0.39 is 12.1 Å². The number of hydrogen-bond acceptors (Lipinski definition) is 2. The minimum absolute atomic E-state index is 0.00577. The molecule has 0 spiro atoms. The SMILES string of the molecule is Cc1cccc(N2CCNCC(C(F)(F)F)C2)c1. The highest BCUT2D eigenvalue weighted by Crippen LogP contribution is 2.29. The molecule has 1 N–H and O–H groups in total. The van der Waals surface area contributed by atoms with Gasteiger partial charge in [-0.15, -0.1) is 0 Å². The van der Waals surface area contributed by atoms with Crippen LogP contribution in [0.15, 0.2) is 24.3 Å². The lowest BCUT2D eigenvalue weighted by Gasteiger charge is -2.27. The molecule has 1 aromatic carbocycles. The molecule has 1 aromatic rings. The number of hydrogen-bond donors (Lipinski definition) is 1. The second kappa shape index (κ2) is 5.18. The zero-order valence-electron chi connectivity index (χ0n) is 10.3. The molecule has 18 heavy (non-hydrogen) atoms. The Balaban J connectivity index is 2.17. The zero-order valence-corrected chi connectivity index (χ0v) is 10.3. The van der Waals surface area contributed by atoms with Gasteiger partial charge in [0.05, 0.1) is 5.92 Å². The van der Waals surface area contributed by atoms with Gasteiger partial charge in [0.2, 0.25) is 0 Å². The number of rotatable bonds is 1. The molecule has 0 amide bonds. The van der Waals surface area contributed by atoms with Gasteiger partial charge in [0.1, 0.15) is 0 Å². The molecular formula is C13H17F3N2. The summed E-state index contributed by atoms with van der Waals surface area (Å²) in [6, 6.07) is 7.62. The highest BCUT2D eigenvalue weighted by atomic mass is 19.4. The third-order valence-corrected chi connectivity index (χ3v) is 3.22. The lowest BCUT2D eigenvalue weighted by Crippen LogP contribution is -2.38. The van der Waals surface area contributed by atoms with E-state index in [2.05, 4.69) is 5.32 Å². The van der Waals surface area contributed by atoms with Crippen LogP contribution in [0.25, 0.3) is 0 Å². The smallest absolute Gasteiger partial charge is 0.370 e. The standard InChI is InChI=1S/C13H17F3N2/c1-10-3-2-4-12(7-10)18-6-5-17-8-11(9-18)13(14,15)16/h2-4,7,11,17H,5-6,8-9H2,1H3. The van der Waals surface area contributed by atoms with E-state index >= 15 is 0 Å². The van der Waals surface area contributed by atoms with Crippen molar-refractivity contribution in [1.82, 2.24) is 5.32 Å². The Morgan fingerprint density at radius 2 is 2.11 bits per heavy atom. The minimum atomic E-state index is -4.14. The summed E-state index contributed by atoms with van der Waals surface area (Å²) < 4.78 is 38.5. The molecule has 1 atom stereocenters. The molecule has 2 nitrogen and oxygen atoms in total. The first-order valence-corrected chi connectivity index (χ1v) is 6.06. The summed E-state index contributed by atoms with van der Waals surface area (Å²) >= 11 is 0. The van der Waals surface area contributed by atoms with Crippen molar-refractivity contribution in [3.8, 4) is 0 Å². The fourth-order valence-corrected chi connectivity index (χ4v) is 2.19. The van der Waals surface area contributed by atoms with Gasteiger partial charge >= 0.3 is 6.18 Å². The van der Waals surface area contributed by atoms with Crippen LogP contribution in [0.2, 0.25) is 0 Å². The third kappa shape index (κ3) is 3.16. The molecule has 0 radical (unpaired) electrons. The molecule has 0 aliphatic carbocycles. The van der Waals surface area contributed by atoms with Crippen LogP contribution >= 0.6 is 0 Å². The van der Waals surface area contributed by atoms with Gasteiger partial charge in [0.15, 0.2) is 0 Å². The van der Waals surface area contributed by atoms with Crippen molar-refractivity contribution in [2.24, 2.45) is 5.92 Å². The third-order valence-electron chi connectivity index (χ3n) is 3.22. The molecule has 1 heterocycles. The Morgan fingerprint density at radius 1 is 1.33 bits per heavy atom. The van der Waals surface area contributed by atoms with Crippen molar-refractivity contribution in [1.29, 1.82) is 0 Å². The van der Waals surface area contributed by atoms with Crippen LogP contribution in [0.5, 0.6) is 0 Å². The molecule has 1 unspecified atom stereocenters. The first kappa shape index (κ1) is 13.2. The van der Waals surface area contributed by atoms with E-state index in [4.69, 9.17) is 0 Å². The number of aryl methyl sites for hydroxylation is 1. The van der Waals surface area contributed by atoms with Crippen molar-refractivity contribution in [3.05, 3.63) is 29.8 Å². The Morgan fingerprint density at radius 3 is 2.78 bits per heavy atom. The summed E-state index contributed by atoms with van der Waals surface area (Å²) in [5, 5.41) is 2.86. The van der Waals surface area contributed by atoms with Gasteiger partial charge in [-0.1, -0.05) is 12.1 Å². The summed E-state index contributed by atoms with van der Waals surface area (Å²) in [7, 11) is 0. The monoisotopic (exact) mass is 258 g/mol. The molecule has 5 heteroatoms. The number of halogens is 3. The van der Waals surface area contributed by atoms with Crippen molar-refractivity contribution in [3.63, 3.8) is 0 Å². The predicted molar refractivity (Wildman–Crippen MR) is 65.8 cm³/mol. The van der Waals surface area contributed by atoms with Crippen LogP contribution < -0.4 is 10.2 Å². The number of alkyl halides is 3. The first-order chi connectivity index (χ1) is 8.47. The van der Waals surface area contributed by atoms with Crippen LogP contribution in [0.1, 0.15) is 5.56 Å². The van der Waals surface area contributed by atoms with Gasteiger partial charge in [0, 0.05) is 31.9 Å². The van der Waals surface area contributed by atoms with Gasteiger partial charge < -0.3 is 10.2 Å². The summed E-state index contributed by atoms with van der Waals surface area (Å²) in [4.78, 5) is 1.81. The quantitative estimate of drug-likeness (QED) is 0.833. The van der Waals surface area contributed by atoms with Crippen molar-refractivity contribution >= 4 is 5.69 Å². The molecule has 1 aliphatic heterocycles. The molecule has 100 valence electrons.